The molecule has 1 aliphatic carbocycles. The van der Waals surface area contributed by atoms with Gasteiger partial charge in [-0.05, 0) is 54.4 Å². The molecule has 2 amide bonds. The van der Waals surface area contributed by atoms with Crippen LogP contribution in [0.2, 0.25) is 0 Å². The van der Waals surface area contributed by atoms with Gasteiger partial charge >= 0.3 is 12.2 Å². The summed E-state index contributed by atoms with van der Waals surface area (Å²) in [6.45, 7) is 11.7. The zero-order valence-corrected chi connectivity index (χ0v) is 14.0. The van der Waals surface area contributed by atoms with Crippen molar-refractivity contribution < 1.29 is 19.1 Å². The summed E-state index contributed by atoms with van der Waals surface area (Å²) >= 11 is 0. The van der Waals surface area contributed by atoms with Crippen molar-refractivity contribution in [3.8, 4) is 0 Å². The number of ether oxygens (including phenoxy) is 2. The van der Waals surface area contributed by atoms with E-state index in [1.807, 2.05) is 41.5 Å². The molecule has 0 spiro atoms. The minimum Gasteiger partial charge on any atom is -0.444 e. The first-order chi connectivity index (χ1) is 9.48. The van der Waals surface area contributed by atoms with Gasteiger partial charge in [0.1, 0.15) is 11.2 Å². The topological polar surface area (TPSA) is 67.9 Å². The summed E-state index contributed by atoms with van der Waals surface area (Å²) in [5.74, 6) is 0. The maximum absolute atomic E-state index is 12.1. The molecule has 0 aromatic carbocycles. The van der Waals surface area contributed by atoms with Gasteiger partial charge in [-0.3, -0.25) is 0 Å². The van der Waals surface area contributed by atoms with E-state index in [9.17, 15) is 9.59 Å². The molecule has 0 unspecified atom stereocenters. The Kier molecular flexibility index (Phi) is 5.48. The molecule has 0 heterocycles. The van der Waals surface area contributed by atoms with Gasteiger partial charge in [-0.25, -0.2) is 9.59 Å². The summed E-state index contributed by atoms with van der Waals surface area (Å²) in [6, 6.07) is 0.236. The van der Waals surface area contributed by atoms with Crippen LogP contribution in [0.25, 0.3) is 0 Å². The highest BCUT2D eigenvalue weighted by Crippen LogP contribution is 2.28. The molecule has 0 aliphatic heterocycles. The first-order valence-electron chi connectivity index (χ1n) is 7.44. The second-order valence-corrected chi connectivity index (χ2v) is 7.33. The third-order valence-corrected chi connectivity index (χ3v) is 2.64. The molecule has 6 nitrogen and oxygen atoms in total. The van der Waals surface area contributed by atoms with Crippen LogP contribution in [-0.2, 0) is 9.47 Å². The van der Waals surface area contributed by atoms with E-state index in [2.05, 4.69) is 5.32 Å². The van der Waals surface area contributed by atoms with E-state index in [-0.39, 0.29) is 12.1 Å². The zero-order chi connectivity index (χ0) is 16.3. The number of hydrogen-bond acceptors (Lipinski definition) is 4. The van der Waals surface area contributed by atoms with Gasteiger partial charge in [-0.15, -0.1) is 0 Å². The van der Waals surface area contributed by atoms with Crippen molar-refractivity contribution in [1.82, 2.24) is 10.2 Å². The fourth-order valence-corrected chi connectivity index (χ4v) is 1.72. The molecule has 1 aliphatic rings. The molecule has 122 valence electrons. The monoisotopic (exact) mass is 300 g/mol. The van der Waals surface area contributed by atoms with Gasteiger partial charge < -0.3 is 19.7 Å². The van der Waals surface area contributed by atoms with E-state index >= 15 is 0 Å². The van der Waals surface area contributed by atoms with Crippen LogP contribution in [0.1, 0.15) is 54.4 Å². The first kappa shape index (κ1) is 17.6. The third-order valence-electron chi connectivity index (χ3n) is 2.64. The number of hydrogen-bond donors (Lipinski definition) is 1. The number of amides is 2. The van der Waals surface area contributed by atoms with Crippen molar-refractivity contribution >= 4 is 12.2 Å². The Morgan fingerprint density at radius 2 is 1.57 bits per heavy atom. The van der Waals surface area contributed by atoms with Crippen molar-refractivity contribution in [2.45, 2.75) is 71.6 Å². The molecule has 6 heteroatoms. The Morgan fingerprint density at radius 3 is 2.00 bits per heavy atom. The summed E-state index contributed by atoms with van der Waals surface area (Å²) < 4.78 is 10.5. The molecule has 0 aromatic rings. The Balaban J connectivity index is 2.39. The van der Waals surface area contributed by atoms with Gasteiger partial charge in [0.15, 0.2) is 0 Å². The van der Waals surface area contributed by atoms with Gasteiger partial charge in [0, 0.05) is 19.1 Å². The molecule has 0 radical (unpaired) electrons. The average molecular weight is 300 g/mol. The Labute approximate surface area is 127 Å². The molecular weight excluding hydrogens is 272 g/mol. The lowest BCUT2D eigenvalue weighted by Gasteiger charge is -2.27. The maximum atomic E-state index is 12.1. The maximum Gasteiger partial charge on any atom is 0.410 e. The van der Waals surface area contributed by atoms with Crippen LogP contribution in [0, 0.1) is 0 Å². The van der Waals surface area contributed by atoms with Crippen LogP contribution in [0.3, 0.4) is 0 Å². The fourth-order valence-electron chi connectivity index (χ4n) is 1.72. The molecule has 21 heavy (non-hydrogen) atoms. The number of carbonyl (C=O) groups excluding carboxylic acids is 2. The molecule has 0 bridgehead atoms. The van der Waals surface area contributed by atoms with Crippen molar-refractivity contribution in [3.63, 3.8) is 0 Å². The van der Waals surface area contributed by atoms with Gasteiger partial charge in [-0.2, -0.15) is 0 Å². The Hall–Kier alpha value is -1.46. The minimum absolute atomic E-state index is 0.236. The number of nitrogens with zero attached hydrogens (tertiary/aromatic N) is 1. The Bertz CT molecular complexity index is 378. The quantitative estimate of drug-likeness (QED) is 0.867. The lowest BCUT2D eigenvalue weighted by molar-refractivity contribution is 0.0224. The Morgan fingerprint density at radius 1 is 1.05 bits per heavy atom. The largest absolute Gasteiger partial charge is 0.444 e. The molecule has 1 rings (SSSR count). The lowest BCUT2D eigenvalue weighted by Crippen LogP contribution is -2.43. The lowest BCUT2D eigenvalue weighted by atomic mass is 10.2. The van der Waals surface area contributed by atoms with Gasteiger partial charge in [0.2, 0.25) is 0 Å². The smallest absolute Gasteiger partial charge is 0.410 e. The fraction of sp³-hybridized carbons (Fsp3) is 0.867. The average Bonchev–Trinajstić information content (AvgIpc) is 3.02. The molecule has 1 N–H and O–H groups in total. The van der Waals surface area contributed by atoms with E-state index in [4.69, 9.17) is 9.47 Å². The molecular formula is C15H28N2O4. The third kappa shape index (κ3) is 7.78. The van der Waals surface area contributed by atoms with Crippen LogP contribution in [0.5, 0.6) is 0 Å². The highest BCUT2D eigenvalue weighted by atomic mass is 16.6. The van der Waals surface area contributed by atoms with Crippen molar-refractivity contribution in [3.05, 3.63) is 0 Å². The molecule has 0 aromatic heterocycles. The normalized spacial score (nSPS) is 15.3. The molecule has 1 saturated carbocycles. The van der Waals surface area contributed by atoms with Gasteiger partial charge in [0.25, 0.3) is 0 Å². The summed E-state index contributed by atoms with van der Waals surface area (Å²) in [4.78, 5) is 25.3. The second kappa shape index (κ2) is 6.54. The van der Waals surface area contributed by atoms with Crippen LogP contribution in [0.4, 0.5) is 9.59 Å². The highest BCUT2D eigenvalue weighted by molar-refractivity contribution is 5.70. The van der Waals surface area contributed by atoms with Crippen LogP contribution >= 0.6 is 0 Å². The summed E-state index contributed by atoms with van der Waals surface area (Å²) in [6.07, 6.45) is 1.19. The first-order valence-corrected chi connectivity index (χ1v) is 7.44. The van der Waals surface area contributed by atoms with Crippen LogP contribution < -0.4 is 5.32 Å². The van der Waals surface area contributed by atoms with E-state index in [0.717, 1.165) is 12.8 Å². The summed E-state index contributed by atoms with van der Waals surface area (Å²) in [7, 11) is 0. The SMILES string of the molecule is CC(C)(C)OC(=O)NCCN(C(=O)OC(C)(C)C)C1CC1. The van der Waals surface area contributed by atoms with E-state index in [0.29, 0.717) is 13.1 Å². The van der Waals surface area contributed by atoms with Crippen molar-refractivity contribution in [2.24, 2.45) is 0 Å². The summed E-state index contributed by atoms with van der Waals surface area (Å²) in [5, 5.41) is 2.66. The molecule has 0 atom stereocenters. The minimum atomic E-state index is -0.522. The number of carbonyl (C=O) groups is 2. The van der Waals surface area contributed by atoms with Crippen LogP contribution in [0.15, 0.2) is 0 Å². The number of nitrogens with one attached hydrogen (secondary N) is 1. The van der Waals surface area contributed by atoms with E-state index in [1.54, 1.807) is 4.90 Å². The van der Waals surface area contributed by atoms with E-state index < -0.39 is 17.3 Å². The highest BCUT2D eigenvalue weighted by Gasteiger charge is 2.35. The van der Waals surface area contributed by atoms with Gasteiger partial charge in [0.05, 0.1) is 0 Å². The predicted molar refractivity (Wildman–Crippen MR) is 80.2 cm³/mol. The van der Waals surface area contributed by atoms with Crippen molar-refractivity contribution in [2.75, 3.05) is 13.1 Å². The van der Waals surface area contributed by atoms with Crippen LogP contribution in [-0.4, -0.2) is 47.4 Å². The molecule has 0 saturated heterocycles. The van der Waals surface area contributed by atoms with Gasteiger partial charge in [-0.1, -0.05) is 0 Å². The van der Waals surface area contributed by atoms with E-state index in [1.165, 1.54) is 0 Å². The number of alkyl carbamates (subject to hydrolysis) is 1. The number of rotatable bonds is 4. The zero-order valence-electron chi connectivity index (χ0n) is 14.0. The molecule has 1 fully saturated rings. The standard InChI is InChI=1S/C15H28N2O4/c1-14(2,3)20-12(18)16-9-10-17(11-7-8-11)13(19)21-15(4,5)6/h11H,7-10H2,1-6H3,(H,16,18). The predicted octanol–water partition coefficient (Wildman–Crippen LogP) is 2.91. The van der Waals surface area contributed by atoms with Crippen molar-refractivity contribution in [1.29, 1.82) is 0 Å². The summed E-state index contributed by atoms with van der Waals surface area (Å²) in [5.41, 5.74) is -1.03. The second-order valence-electron chi connectivity index (χ2n) is 7.33.